The Morgan fingerprint density at radius 3 is 2.31 bits per heavy atom. The fourth-order valence-electron chi connectivity index (χ4n) is 10.2. The summed E-state index contributed by atoms with van der Waals surface area (Å²) in [5.41, 5.74) is -3.38. The van der Waals surface area contributed by atoms with Crippen molar-refractivity contribution < 1.29 is 50.2 Å². The van der Waals surface area contributed by atoms with E-state index in [1.165, 1.54) is 0 Å². The van der Waals surface area contributed by atoms with E-state index in [9.17, 15) is 45.4 Å². The fourth-order valence-corrected chi connectivity index (χ4v) is 10.2. The number of hydrogen-bond donors (Lipinski definition) is 2. The molecule has 55 heavy (non-hydrogen) atoms. The second-order valence-corrected chi connectivity index (χ2v) is 16.8. The van der Waals surface area contributed by atoms with Crippen molar-refractivity contribution in [2.75, 3.05) is 13.1 Å². The zero-order valence-corrected chi connectivity index (χ0v) is 30.4. The molecular formula is C39H44F7N5O4. The van der Waals surface area contributed by atoms with Crippen LogP contribution in [-0.2, 0) is 11.0 Å². The molecule has 4 atom stereocenters. The number of aromatic nitrogens is 3. The normalized spacial score (nSPS) is 30.9. The van der Waals surface area contributed by atoms with E-state index >= 15 is 0 Å². The molecule has 1 amide bonds. The Hall–Kier alpha value is -3.95. The van der Waals surface area contributed by atoms with Gasteiger partial charge in [-0.2, -0.15) is 13.2 Å². The van der Waals surface area contributed by atoms with Crippen LogP contribution >= 0.6 is 0 Å². The predicted molar refractivity (Wildman–Crippen MR) is 186 cm³/mol. The van der Waals surface area contributed by atoms with Crippen molar-refractivity contribution in [2.24, 2.45) is 17.8 Å². The highest BCUT2D eigenvalue weighted by molar-refractivity contribution is 6.00. The van der Waals surface area contributed by atoms with Gasteiger partial charge in [0.05, 0.1) is 30.3 Å². The van der Waals surface area contributed by atoms with Gasteiger partial charge in [-0.05, 0) is 94.1 Å². The Morgan fingerprint density at radius 2 is 1.65 bits per heavy atom. The summed E-state index contributed by atoms with van der Waals surface area (Å²) in [5.74, 6) is -7.99. The number of carboxylic acids is 1. The van der Waals surface area contributed by atoms with Crippen LogP contribution in [0.1, 0.15) is 106 Å². The van der Waals surface area contributed by atoms with E-state index in [2.05, 4.69) is 15.3 Å². The van der Waals surface area contributed by atoms with E-state index in [0.29, 0.717) is 55.2 Å². The van der Waals surface area contributed by atoms with Crippen LogP contribution < -0.4 is 10.1 Å². The highest BCUT2D eigenvalue weighted by atomic mass is 19.4. The molecule has 1 aromatic carbocycles. The first-order chi connectivity index (χ1) is 25.9. The first-order valence-corrected chi connectivity index (χ1v) is 19.2. The third-order valence-electron chi connectivity index (χ3n) is 12.8. The molecule has 8 rings (SSSR count). The maximum absolute atomic E-state index is 14.7. The lowest BCUT2D eigenvalue weighted by atomic mass is 9.78. The summed E-state index contributed by atoms with van der Waals surface area (Å²) in [6.45, 7) is 1.53. The van der Waals surface area contributed by atoms with Crippen molar-refractivity contribution in [3.8, 4) is 17.1 Å². The number of ether oxygens (including phenoxy) is 1. The smallest absolute Gasteiger partial charge is 0.434 e. The molecular weight excluding hydrogens is 735 g/mol. The lowest BCUT2D eigenvalue weighted by Gasteiger charge is -2.46. The highest BCUT2D eigenvalue weighted by Gasteiger charge is 2.57. The number of nitrogens with zero attached hydrogens (tertiary/aromatic N) is 4. The molecule has 3 heterocycles. The molecule has 4 aliphatic carbocycles. The SMILES string of the molecule is CC1CC2CC(C1)C(NC(=O)c1cnc(-c3cn(C4CCC(F)(F)CC4)c4cc(OC5CCC(N6CC(F)(F)C6)CC5)ccc34)nc1C(F)(F)F)(C(=O)O)C2. The van der Waals surface area contributed by atoms with E-state index in [4.69, 9.17) is 4.74 Å². The van der Waals surface area contributed by atoms with Gasteiger partial charge in [0.2, 0.25) is 5.92 Å². The minimum Gasteiger partial charge on any atom is -0.490 e. The Labute approximate surface area is 313 Å². The minimum absolute atomic E-state index is 0.0352. The molecule has 3 aromatic rings. The van der Waals surface area contributed by atoms with Crippen molar-refractivity contribution in [1.82, 2.24) is 24.8 Å². The summed E-state index contributed by atoms with van der Waals surface area (Å²) in [6.07, 6.45) is 1.29. The molecule has 0 spiro atoms. The van der Waals surface area contributed by atoms with Crippen LogP contribution in [0, 0.1) is 17.8 Å². The van der Waals surface area contributed by atoms with Gasteiger partial charge in [0, 0.05) is 54.3 Å². The van der Waals surface area contributed by atoms with Gasteiger partial charge in [-0.25, -0.2) is 32.3 Å². The predicted octanol–water partition coefficient (Wildman–Crippen LogP) is 8.52. The van der Waals surface area contributed by atoms with Crippen LogP contribution in [0.2, 0.25) is 0 Å². The number of halogens is 7. The van der Waals surface area contributed by atoms with E-state index < -0.39 is 58.7 Å². The second kappa shape index (κ2) is 13.6. The van der Waals surface area contributed by atoms with Gasteiger partial charge in [-0.15, -0.1) is 0 Å². The number of carbonyl (C=O) groups is 2. The van der Waals surface area contributed by atoms with Crippen LogP contribution in [0.15, 0.2) is 30.6 Å². The molecule has 2 aromatic heterocycles. The Balaban J connectivity index is 1.09. The van der Waals surface area contributed by atoms with E-state index in [0.717, 1.165) is 12.6 Å². The van der Waals surface area contributed by atoms with E-state index in [1.54, 1.807) is 33.9 Å². The number of fused-ring (bicyclic) bond motifs is 3. The van der Waals surface area contributed by atoms with Gasteiger partial charge in [0.25, 0.3) is 11.8 Å². The standard InChI is InChI=1S/C39H44F7N5O4/c1-21-12-22-14-23(13-21)38(16-22,35(53)54)49-34(52)29-17-47-33(48-32(29)39(44,45)46)30-18-51(25-8-10-36(40,41)11-9-25)31-15-27(6-7-28(30)31)55-26-4-2-24(3-5-26)50-19-37(42,43)20-50/h6-7,15,17-18,21-26H,2-5,8-14,16,19-20H2,1H3,(H,49,52)(H,53,54). The molecule has 5 aliphatic rings. The molecule has 16 heteroatoms. The number of aliphatic carboxylic acids is 1. The second-order valence-electron chi connectivity index (χ2n) is 16.8. The zero-order valence-electron chi connectivity index (χ0n) is 30.4. The van der Waals surface area contributed by atoms with Gasteiger partial charge >= 0.3 is 12.1 Å². The molecule has 5 fully saturated rings. The minimum atomic E-state index is -5.11. The number of rotatable bonds is 8. The third kappa shape index (κ3) is 7.27. The summed E-state index contributed by atoms with van der Waals surface area (Å²) in [5, 5.41) is 13.2. The molecule has 2 N–H and O–H groups in total. The van der Waals surface area contributed by atoms with E-state index in [1.807, 2.05) is 6.92 Å². The lowest BCUT2D eigenvalue weighted by molar-refractivity contribution is -0.151. The number of carboxylic acid groups (broad SMARTS) is 1. The summed E-state index contributed by atoms with van der Waals surface area (Å²) >= 11 is 0. The average molecular weight is 780 g/mol. The zero-order chi connectivity index (χ0) is 39.1. The molecule has 1 saturated heterocycles. The van der Waals surface area contributed by atoms with Crippen LogP contribution in [0.25, 0.3) is 22.3 Å². The summed E-state index contributed by atoms with van der Waals surface area (Å²) in [7, 11) is 0. The Kier molecular flexibility index (Phi) is 9.39. The Bertz CT molecular complexity index is 1960. The van der Waals surface area contributed by atoms with Crippen molar-refractivity contribution >= 4 is 22.8 Å². The van der Waals surface area contributed by atoms with Crippen LogP contribution in [0.5, 0.6) is 5.75 Å². The number of alkyl halides is 7. The lowest BCUT2D eigenvalue weighted by Crippen LogP contribution is -2.60. The molecule has 298 valence electrons. The quantitative estimate of drug-likeness (QED) is 0.221. The molecule has 9 nitrogen and oxygen atoms in total. The Morgan fingerprint density at radius 1 is 0.945 bits per heavy atom. The first kappa shape index (κ1) is 37.9. The van der Waals surface area contributed by atoms with Gasteiger partial charge in [0.1, 0.15) is 11.3 Å². The van der Waals surface area contributed by atoms with Crippen molar-refractivity contribution in [1.29, 1.82) is 0 Å². The van der Waals surface area contributed by atoms with Crippen LogP contribution in [0.4, 0.5) is 30.7 Å². The van der Waals surface area contributed by atoms with Crippen molar-refractivity contribution in [3.05, 3.63) is 41.9 Å². The first-order valence-electron chi connectivity index (χ1n) is 19.2. The summed E-state index contributed by atoms with van der Waals surface area (Å²) < 4.78 is 107. The third-order valence-corrected chi connectivity index (χ3v) is 12.8. The number of hydrogen-bond acceptors (Lipinski definition) is 6. The fraction of sp³-hybridized carbons (Fsp3) is 0.641. The van der Waals surface area contributed by atoms with Crippen LogP contribution in [-0.4, -0.2) is 79.0 Å². The molecule has 2 bridgehead atoms. The van der Waals surface area contributed by atoms with Gasteiger partial charge in [-0.1, -0.05) is 6.92 Å². The molecule has 4 unspecified atom stereocenters. The summed E-state index contributed by atoms with van der Waals surface area (Å²) in [6, 6.07) is 4.72. The van der Waals surface area contributed by atoms with Crippen molar-refractivity contribution in [3.63, 3.8) is 0 Å². The average Bonchev–Trinajstić information content (AvgIpc) is 3.61. The number of nitrogens with one attached hydrogen (secondary N) is 1. The van der Waals surface area contributed by atoms with E-state index in [-0.39, 0.29) is 80.6 Å². The number of likely N-dealkylation sites (tertiary alicyclic amines) is 1. The molecule has 4 saturated carbocycles. The van der Waals surface area contributed by atoms with Crippen LogP contribution in [0.3, 0.4) is 0 Å². The number of benzene rings is 1. The monoisotopic (exact) mass is 779 g/mol. The topological polar surface area (TPSA) is 110 Å². The summed E-state index contributed by atoms with van der Waals surface area (Å²) in [4.78, 5) is 36.1. The maximum atomic E-state index is 14.7. The number of amides is 1. The van der Waals surface area contributed by atoms with Gasteiger partial charge < -0.3 is 19.7 Å². The maximum Gasteiger partial charge on any atom is 0.434 e. The number of carbonyl (C=O) groups excluding carboxylic acids is 1. The molecule has 1 aliphatic heterocycles. The highest BCUT2D eigenvalue weighted by Crippen LogP contribution is 2.51. The molecule has 0 radical (unpaired) electrons. The largest absolute Gasteiger partial charge is 0.490 e. The van der Waals surface area contributed by atoms with Gasteiger partial charge in [0.15, 0.2) is 11.5 Å². The van der Waals surface area contributed by atoms with Gasteiger partial charge in [-0.3, -0.25) is 9.69 Å². The van der Waals surface area contributed by atoms with Crippen molar-refractivity contribution in [2.45, 2.75) is 126 Å².